The van der Waals surface area contributed by atoms with Crippen LogP contribution in [0, 0.1) is 0 Å². The summed E-state index contributed by atoms with van der Waals surface area (Å²) in [6, 6.07) is 7.79. The average Bonchev–Trinajstić information content (AvgIpc) is 3.53. The van der Waals surface area contributed by atoms with Crippen LogP contribution >= 0.6 is 0 Å². The Hall–Kier alpha value is -3.23. The molecule has 2 aliphatic rings. The van der Waals surface area contributed by atoms with Gasteiger partial charge in [-0.1, -0.05) is 18.2 Å². The fourth-order valence-corrected chi connectivity index (χ4v) is 4.29. The molecule has 0 radical (unpaired) electrons. The van der Waals surface area contributed by atoms with E-state index >= 15 is 0 Å². The van der Waals surface area contributed by atoms with Gasteiger partial charge in [-0.2, -0.15) is 15.0 Å². The van der Waals surface area contributed by atoms with Crippen LogP contribution in [0.3, 0.4) is 0 Å². The molecule has 156 valence electrons. The van der Waals surface area contributed by atoms with Crippen molar-refractivity contribution in [2.45, 2.75) is 39.2 Å². The molecule has 0 saturated carbocycles. The molecule has 1 N–H and O–H groups in total. The molecule has 0 atom stereocenters. The molecule has 0 spiro atoms. The zero-order chi connectivity index (χ0) is 20.5. The average molecular weight is 406 g/mol. The lowest BCUT2D eigenvalue weighted by atomic mass is 10.2. The number of hydrogen-bond donors (Lipinski definition) is 1. The second-order valence-corrected chi connectivity index (χ2v) is 7.76. The lowest BCUT2D eigenvalue weighted by molar-refractivity contribution is 0.427. The zero-order valence-electron chi connectivity index (χ0n) is 17.2. The van der Waals surface area contributed by atoms with Crippen LogP contribution in [0.2, 0.25) is 0 Å². The number of benzene rings is 1. The molecule has 0 unspecified atom stereocenters. The van der Waals surface area contributed by atoms with Gasteiger partial charge in [0.15, 0.2) is 5.69 Å². The van der Waals surface area contributed by atoms with Crippen molar-refractivity contribution in [2.75, 3.05) is 36.0 Å². The molecule has 0 bridgehead atoms. The number of nitrogens with zero attached hydrogens (tertiary/aromatic N) is 8. The highest BCUT2D eigenvalue weighted by molar-refractivity contribution is 5.94. The van der Waals surface area contributed by atoms with Gasteiger partial charge in [0.1, 0.15) is 0 Å². The van der Waals surface area contributed by atoms with Crippen LogP contribution in [0.1, 0.15) is 32.6 Å². The van der Waals surface area contributed by atoms with Crippen molar-refractivity contribution in [1.82, 2.24) is 19.5 Å². The van der Waals surface area contributed by atoms with Crippen molar-refractivity contribution in [3.63, 3.8) is 0 Å². The summed E-state index contributed by atoms with van der Waals surface area (Å²) in [5.74, 6) is 1.72. The molecular formula is C21H26N8O. The summed E-state index contributed by atoms with van der Waals surface area (Å²) < 4.78 is 1.82. The summed E-state index contributed by atoms with van der Waals surface area (Å²) in [5.41, 5.74) is 1.37. The van der Waals surface area contributed by atoms with Crippen molar-refractivity contribution < 1.29 is 5.11 Å². The van der Waals surface area contributed by atoms with Gasteiger partial charge in [-0.15, -0.1) is 10.2 Å². The standard InChI is InChI=1S/C21H26N8O/c1-2-29-16-10-4-3-9-15(16)17(18(29)30)25-26-19-22-20(27-11-5-6-12-27)24-21(23-19)28-13-7-8-14-28/h3-4,9-10,30H,2,5-8,11-14H2,1H3. The fourth-order valence-electron chi connectivity index (χ4n) is 4.29. The molecule has 0 aliphatic carbocycles. The minimum atomic E-state index is 0.107. The van der Waals surface area contributed by atoms with Gasteiger partial charge in [0, 0.05) is 38.1 Å². The van der Waals surface area contributed by atoms with Crippen LogP contribution in [0.25, 0.3) is 10.9 Å². The molecule has 9 nitrogen and oxygen atoms in total. The van der Waals surface area contributed by atoms with E-state index < -0.39 is 0 Å². The molecule has 3 aromatic rings. The lowest BCUT2D eigenvalue weighted by Gasteiger charge is -2.19. The number of hydrogen-bond acceptors (Lipinski definition) is 8. The van der Waals surface area contributed by atoms with Gasteiger partial charge in [-0.05, 0) is 38.7 Å². The van der Waals surface area contributed by atoms with Crippen molar-refractivity contribution in [3.8, 4) is 5.88 Å². The molecule has 2 fully saturated rings. The maximum absolute atomic E-state index is 10.7. The van der Waals surface area contributed by atoms with Crippen LogP contribution < -0.4 is 9.80 Å². The van der Waals surface area contributed by atoms with Crippen molar-refractivity contribution in [1.29, 1.82) is 0 Å². The third-order valence-electron chi connectivity index (χ3n) is 5.85. The number of anilines is 2. The van der Waals surface area contributed by atoms with E-state index in [9.17, 15) is 5.11 Å². The van der Waals surface area contributed by atoms with Gasteiger partial charge >= 0.3 is 0 Å². The number of fused-ring (bicyclic) bond motifs is 1. The predicted octanol–water partition coefficient (Wildman–Crippen LogP) is 4.17. The van der Waals surface area contributed by atoms with Gasteiger partial charge < -0.3 is 19.5 Å². The van der Waals surface area contributed by atoms with Crippen LogP contribution in [0.15, 0.2) is 34.5 Å². The first kappa shape index (κ1) is 18.8. The SMILES string of the molecule is CCn1c(O)c(N=Nc2nc(N3CCCC3)nc(N3CCCC3)n2)c2ccccc21. The fraction of sp³-hybridized carbons (Fsp3) is 0.476. The highest BCUT2D eigenvalue weighted by atomic mass is 16.3. The van der Waals surface area contributed by atoms with E-state index in [2.05, 4.69) is 30.0 Å². The zero-order valence-corrected chi connectivity index (χ0v) is 17.2. The van der Waals surface area contributed by atoms with Crippen molar-refractivity contribution in [2.24, 2.45) is 10.2 Å². The number of aromatic nitrogens is 4. The Morgan fingerprint density at radius 3 is 2.07 bits per heavy atom. The van der Waals surface area contributed by atoms with Gasteiger partial charge in [-0.3, -0.25) is 0 Å². The summed E-state index contributed by atoms with van der Waals surface area (Å²) in [5, 5.41) is 20.2. The summed E-state index contributed by atoms with van der Waals surface area (Å²) in [7, 11) is 0. The van der Waals surface area contributed by atoms with Crippen molar-refractivity contribution >= 4 is 34.4 Å². The first-order chi connectivity index (χ1) is 14.7. The maximum atomic E-state index is 10.7. The van der Waals surface area contributed by atoms with E-state index in [1.165, 1.54) is 0 Å². The Balaban J connectivity index is 1.55. The van der Waals surface area contributed by atoms with E-state index in [0.717, 1.165) is 62.8 Å². The van der Waals surface area contributed by atoms with Crippen LogP contribution in [0.5, 0.6) is 5.88 Å². The number of rotatable bonds is 5. The summed E-state index contributed by atoms with van der Waals surface area (Å²) in [6.07, 6.45) is 4.58. The van der Waals surface area contributed by atoms with Crippen LogP contribution in [0.4, 0.5) is 23.5 Å². The summed E-state index contributed by atoms with van der Waals surface area (Å²) in [4.78, 5) is 18.2. The van der Waals surface area contributed by atoms with Gasteiger partial charge in [0.05, 0.1) is 5.52 Å². The Morgan fingerprint density at radius 2 is 1.47 bits per heavy atom. The first-order valence-electron chi connectivity index (χ1n) is 10.7. The molecule has 0 amide bonds. The normalized spacial score (nSPS) is 17.1. The minimum Gasteiger partial charge on any atom is -0.493 e. The molecular weight excluding hydrogens is 380 g/mol. The highest BCUT2D eigenvalue weighted by Gasteiger charge is 2.22. The Morgan fingerprint density at radius 1 is 0.867 bits per heavy atom. The van der Waals surface area contributed by atoms with E-state index in [1.54, 1.807) is 0 Å². The first-order valence-corrected chi connectivity index (χ1v) is 10.7. The molecule has 2 aromatic heterocycles. The number of azo groups is 1. The molecule has 5 rings (SSSR count). The van der Waals surface area contributed by atoms with Gasteiger partial charge in [-0.25, -0.2) is 0 Å². The van der Waals surface area contributed by atoms with E-state index in [1.807, 2.05) is 35.8 Å². The van der Waals surface area contributed by atoms with Gasteiger partial charge in [0.25, 0.3) is 5.95 Å². The maximum Gasteiger partial charge on any atom is 0.275 e. The number of aryl methyl sites for hydroxylation is 1. The molecule has 2 aliphatic heterocycles. The van der Waals surface area contributed by atoms with E-state index in [-0.39, 0.29) is 11.8 Å². The largest absolute Gasteiger partial charge is 0.493 e. The smallest absolute Gasteiger partial charge is 0.275 e. The number of aromatic hydroxyl groups is 1. The lowest BCUT2D eigenvalue weighted by Crippen LogP contribution is -2.25. The van der Waals surface area contributed by atoms with Gasteiger partial charge in [0.2, 0.25) is 17.8 Å². The molecule has 2 saturated heterocycles. The monoisotopic (exact) mass is 406 g/mol. The Bertz CT molecular complexity index is 1050. The molecule has 30 heavy (non-hydrogen) atoms. The predicted molar refractivity (Wildman–Crippen MR) is 116 cm³/mol. The minimum absolute atomic E-state index is 0.107. The topological polar surface area (TPSA) is 95.0 Å². The Labute approximate surface area is 175 Å². The van der Waals surface area contributed by atoms with E-state index in [0.29, 0.717) is 24.1 Å². The molecule has 9 heteroatoms. The third kappa shape index (κ3) is 3.34. The number of para-hydroxylation sites is 1. The molecule has 4 heterocycles. The highest BCUT2D eigenvalue weighted by Crippen LogP contribution is 2.39. The third-order valence-corrected chi connectivity index (χ3v) is 5.85. The van der Waals surface area contributed by atoms with Crippen LogP contribution in [-0.2, 0) is 6.54 Å². The van der Waals surface area contributed by atoms with Crippen molar-refractivity contribution in [3.05, 3.63) is 24.3 Å². The quantitative estimate of drug-likeness (QED) is 0.639. The second kappa shape index (κ2) is 7.89. The second-order valence-electron chi connectivity index (χ2n) is 7.76. The summed E-state index contributed by atoms with van der Waals surface area (Å²) >= 11 is 0. The van der Waals surface area contributed by atoms with Crippen LogP contribution in [-0.4, -0.2) is 50.8 Å². The van der Waals surface area contributed by atoms with E-state index in [4.69, 9.17) is 4.98 Å². The molecule has 1 aromatic carbocycles. The summed E-state index contributed by atoms with van der Waals surface area (Å²) in [6.45, 7) is 6.43. The Kier molecular flexibility index (Phi) is 4.94.